The van der Waals surface area contributed by atoms with Crippen LogP contribution in [-0.2, 0) is 0 Å². The van der Waals surface area contributed by atoms with Crippen LogP contribution in [-0.4, -0.2) is 14.6 Å². The molecule has 0 spiro atoms. The van der Waals surface area contributed by atoms with Crippen LogP contribution < -0.4 is 0 Å². The summed E-state index contributed by atoms with van der Waals surface area (Å²) in [5.74, 6) is 0. The molecule has 0 amide bonds. The predicted molar refractivity (Wildman–Crippen MR) is 53.4 cm³/mol. The number of pyridine rings is 1. The highest BCUT2D eigenvalue weighted by atomic mass is 15.3. The van der Waals surface area contributed by atoms with Crippen LogP contribution in [0.3, 0.4) is 0 Å². The second kappa shape index (κ2) is 3.30. The molecule has 2 rings (SSSR count). The molecule has 0 aliphatic heterocycles. The Bertz CT molecular complexity index is 531. The van der Waals surface area contributed by atoms with Gasteiger partial charge in [-0.3, -0.25) is 0 Å². The van der Waals surface area contributed by atoms with E-state index < -0.39 is 0 Å². The lowest BCUT2D eigenvalue weighted by atomic mass is 10.2. The number of rotatable bonds is 1. The Morgan fingerprint density at radius 3 is 3.14 bits per heavy atom. The highest BCUT2D eigenvalue weighted by molar-refractivity contribution is 5.55. The molecule has 0 N–H and O–H groups in total. The van der Waals surface area contributed by atoms with Crippen molar-refractivity contribution in [1.29, 1.82) is 0 Å². The second-order valence-electron chi connectivity index (χ2n) is 2.88. The van der Waals surface area contributed by atoms with E-state index in [1.807, 2.05) is 19.1 Å². The second-order valence-corrected chi connectivity index (χ2v) is 2.88. The topological polar surface area (TPSA) is 34.5 Å². The molecule has 0 unspecified atom stereocenters. The molecule has 0 aliphatic carbocycles. The van der Waals surface area contributed by atoms with Gasteiger partial charge in [0.15, 0.2) is 11.8 Å². The molecule has 14 heavy (non-hydrogen) atoms. The first kappa shape index (κ1) is 8.45. The van der Waals surface area contributed by atoms with Crippen LogP contribution in [0.1, 0.15) is 11.3 Å². The van der Waals surface area contributed by atoms with Gasteiger partial charge in [0, 0.05) is 0 Å². The average molecular weight is 184 g/mol. The molecule has 4 nitrogen and oxygen atoms in total. The van der Waals surface area contributed by atoms with Crippen LogP contribution in [0.15, 0.2) is 24.7 Å². The minimum Gasteiger partial charge on any atom is -0.246 e. The number of aromatic nitrogens is 3. The van der Waals surface area contributed by atoms with Gasteiger partial charge in [-0.25, -0.2) is 14.3 Å². The van der Waals surface area contributed by atoms with Gasteiger partial charge in [-0.1, -0.05) is 6.07 Å². The van der Waals surface area contributed by atoms with E-state index in [4.69, 9.17) is 6.57 Å². The van der Waals surface area contributed by atoms with Crippen LogP contribution in [0.5, 0.6) is 0 Å². The summed E-state index contributed by atoms with van der Waals surface area (Å²) in [6.45, 7) is 8.66. The number of nitrogens with zero attached hydrogens (tertiary/aromatic N) is 4. The van der Waals surface area contributed by atoms with Crippen LogP contribution in [0.4, 0.5) is 0 Å². The van der Waals surface area contributed by atoms with Crippen molar-refractivity contribution in [3.8, 4) is 0 Å². The van der Waals surface area contributed by atoms with Gasteiger partial charge in [-0.15, -0.1) is 0 Å². The highest BCUT2D eigenvalue weighted by Gasteiger charge is 2.01. The molecule has 0 fully saturated rings. The van der Waals surface area contributed by atoms with Gasteiger partial charge in [0.05, 0.1) is 12.3 Å². The number of fused-ring (bicyclic) bond motifs is 1. The van der Waals surface area contributed by atoms with Crippen LogP contribution in [0, 0.1) is 13.5 Å². The van der Waals surface area contributed by atoms with Gasteiger partial charge in [-0.2, -0.15) is 5.10 Å². The molecule has 2 heterocycles. The average Bonchev–Trinajstić information content (AvgIpc) is 2.64. The van der Waals surface area contributed by atoms with Gasteiger partial charge in [0.1, 0.15) is 6.33 Å². The maximum Gasteiger partial charge on any atom is 0.156 e. The molecule has 68 valence electrons. The van der Waals surface area contributed by atoms with Crippen LogP contribution >= 0.6 is 0 Å². The van der Waals surface area contributed by atoms with Gasteiger partial charge >= 0.3 is 0 Å². The fraction of sp³-hybridized carbons (Fsp3) is 0.100. The SMILES string of the molecule is [C-]#[N+]/C=C/c1c(C)ccc2ncnn12. The van der Waals surface area contributed by atoms with Crippen molar-refractivity contribution >= 4 is 11.7 Å². The highest BCUT2D eigenvalue weighted by Crippen LogP contribution is 2.11. The monoisotopic (exact) mass is 184 g/mol. The maximum atomic E-state index is 6.69. The summed E-state index contributed by atoms with van der Waals surface area (Å²) in [6.07, 6.45) is 4.66. The molecule has 0 saturated carbocycles. The van der Waals surface area contributed by atoms with Crippen molar-refractivity contribution < 1.29 is 0 Å². The molecular weight excluding hydrogens is 176 g/mol. The van der Waals surface area contributed by atoms with Crippen molar-refractivity contribution in [1.82, 2.24) is 14.6 Å². The predicted octanol–water partition coefficient (Wildman–Crippen LogP) is 1.93. The third-order valence-electron chi connectivity index (χ3n) is 2.00. The standard InChI is InChI=1S/C10H8N4/c1-8-3-4-10-12-7-13-14(10)9(8)5-6-11-2/h3-7H,1H3/b6-5+. The van der Waals surface area contributed by atoms with Gasteiger partial charge in [-0.05, 0) is 24.6 Å². The lowest BCUT2D eigenvalue weighted by molar-refractivity contribution is 0.938. The minimum atomic E-state index is 0.792. The fourth-order valence-corrected chi connectivity index (χ4v) is 1.31. The summed E-state index contributed by atoms with van der Waals surface area (Å²) in [7, 11) is 0. The Hall–Kier alpha value is -2.15. The molecule has 0 atom stereocenters. The van der Waals surface area contributed by atoms with Gasteiger partial charge in [0.2, 0.25) is 0 Å². The first-order valence-electron chi connectivity index (χ1n) is 4.15. The number of hydrogen-bond donors (Lipinski definition) is 0. The van der Waals surface area contributed by atoms with Crippen molar-refractivity contribution in [3.05, 3.63) is 47.3 Å². The van der Waals surface area contributed by atoms with Gasteiger partial charge < -0.3 is 0 Å². The summed E-state index contributed by atoms with van der Waals surface area (Å²) in [5, 5.41) is 4.08. The first-order chi connectivity index (χ1) is 6.83. The fourth-order valence-electron chi connectivity index (χ4n) is 1.31. The lowest BCUT2D eigenvalue weighted by Crippen LogP contribution is -1.95. The quantitative estimate of drug-likeness (QED) is 0.634. The summed E-state index contributed by atoms with van der Waals surface area (Å²) < 4.78 is 1.72. The van der Waals surface area contributed by atoms with E-state index in [9.17, 15) is 0 Å². The zero-order valence-electron chi connectivity index (χ0n) is 7.68. The lowest BCUT2D eigenvalue weighted by Gasteiger charge is -2.01. The van der Waals surface area contributed by atoms with E-state index in [0.29, 0.717) is 0 Å². The summed E-state index contributed by atoms with van der Waals surface area (Å²) in [6, 6.07) is 3.87. The Balaban J connectivity index is 2.71. The molecule has 0 aromatic carbocycles. The maximum absolute atomic E-state index is 6.69. The van der Waals surface area contributed by atoms with E-state index in [2.05, 4.69) is 14.9 Å². The smallest absolute Gasteiger partial charge is 0.156 e. The van der Waals surface area contributed by atoms with Crippen molar-refractivity contribution in [2.24, 2.45) is 0 Å². The molecule has 0 saturated heterocycles. The molecule has 0 radical (unpaired) electrons. The van der Waals surface area contributed by atoms with E-state index in [1.165, 1.54) is 12.5 Å². The van der Waals surface area contributed by atoms with E-state index in [-0.39, 0.29) is 0 Å². The summed E-state index contributed by atoms with van der Waals surface area (Å²) in [5.41, 5.74) is 2.76. The summed E-state index contributed by atoms with van der Waals surface area (Å²) >= 11 is 0. The normalized spacial score (nSPS) is 10.9. The van der Waals surface area contributed by atoms with Crippen LogP contribution in [0.2, 0.25) is 0 Å². The number of hydrogen-bond acceptors (Lipinski definition) is 2. The summed E-state index contributed by atoms with van der Waals surface area (Å²) in [4.78, 5) is 7.24. The van der Waals surface area contributed by atoms with Gasteiger partial charge in [0.25, 0.3) is 0 Å². The van der Waals surface area contributed by atoms with Crippen LogP contribution in [0.25, 0.3) is 16.6 Å². The molecule has 4 heteroatoms. The Kier molecular flexibility index (Phi) is 1.99. The molecule has 2 aromatic heterocycles. The van der Waals surface area contributed by atoms with E-state index in [1.54, 1.807) is 10.6 Å². The molecule has 0 bridgehead atoms. The number of aryl methyl sites for hydroxylation is 1. The molecular formula is C10H8N4. The van der Waals surface area contributed by atoms with E-state index in [0.717, 1.165) is 16.9 Å². The third kappa shape index (κ3) is 1.25. The zero-order chi connectivity index (χ0) is 9.97. The first-order valence-corrected chi connectivity index (χ1v) is 4.15. The third-order valence-corrected chi connectivity index (χ3v) is 2.00. The Labute approximate surface area is 81.3 Å². The van der Waals surface area contributed by atoms with E-state index >= 15 is 0 Å². The zero-order valence-corrected chi connectivity index (χ0v) is 7.68. The Morgan fingerprint density at radius 2 is 2.36 bits per heavy atom. The molecule has 0 aliphatic rings. The minimum absolute atomic E-state index is 0.792. The molecule has 2 aromatic rings. The largest absolute Gasteiger partial charge is 0.246 e. The van der Waals surface area contributed by atoms with Crippen molar-refractivity contribution in [2.75, 3.05) is 0 Å². The van der Waals surface area contributed by atoms with Crippen molar-refractivity contribution in [2.45, 2.75) is 6.92 Å². The van der Waals surface area contributed by atoms with Crippen molar-refractivity contribution in [3.63, 3.8) is 0 Å². The Morgan fingerprint density at radius 1 is 1.50 bits per heavy atom.